The van der Waals surface area contributed by atoms with Crippen molar-refractivity contribution in [3.8, 4) is 11.3 Å². The minimum Gasteiger partial charge on any atom is -0.378 e. The maximum absolute atomic E-state index is 12.7. The van der Waals surface area contributed by atoms with Crippen LogP contribution in [0.3, 0.4) is 0 Å². The number of rotatable bonds is 5. The second-order valence-electron chi connectivity index (χ2n) is 8.21. The van der Waals surface area contributed by atoms with E-state index in [1.165, 1.54) is 0 Å². The smallest absolute Gasteiger partial charge is 0.247 e. The number of pyridine rings is 1. The van der Waals surface area contributed by atoms with Gasteiger partial charge in [-0.1, -0.05) is 12.1 Å². The number of nitrogens with zero attached hydrogens (tertiary/aromatic N) is 8. The number of anilines is 2. The predicted molar refractivity (Wildman–Crippen MR) is 126 cm³/mol. The van der Waals surface area contributed by atoms with Gasteiger partial charge in [-0.2, -0.15) is 15.2 Å². The third kappa shape index (κ3) is 3.75. The summed E-state index contributed by atoms with van der Waals surface area (Å²) in [6.07, 6.45) is 5.38. The van der Waals surface area contributed by atoms with E-state index in [9.17, 15) is 4.79 Å². The van der Waals surface area contributed by atoms with Crippen molar-refractivity contribution in [2.24, 2.45) is 7.05 Å². The first kappa shape index (κ1) is 20.4. The molecule has 11 heteroatoms. The summed E-state index contributed by atoms with van der Waals surface area (Å²) >= 11 is 0. The molecule has 6 rings (SSSR count). The Morgan fingerprint density at radius 2 is 2.00 bits per heavy atom. The van der Waals surface area contributed by atoms with Crippen LogP contribution in [0.4, 0.5) is 11.6 Å². The summed E-state index contributed by atoms with van der Waals surface area (Å²) in [5, 5.41) is 17.4. The van der Waals surface area contributed by atoms with Crippen molar-refractivity contribution in [1.29, 1.82) is 0 Å². The predicted octanol–water partition coefficient (Wildman–Crippen LogP) is 2.08. The fourth-order valence-electron chi connectivity index (χ4n) is 4.20. The zero-order valence-corrected chi connectivity index (χ0v) is 18.6. The molecular weight excluding hydrogens is 434 g/mol. The van der Waals surface area contributed by atoms with Gasteiger partial charge in [-0.05, 0) is 24.3 Å². The van der Waals surface area contributed by atoms with Crippen LogP contribution in [0.1, 0.15) is 0 Å². The number of aromatic nitrogens is 7. The molecule has 172 valence electrons. The second-order valence-corrected chi connectivity index (χ2v) is 8.21. The summed E-state index contributed by atoms with van der Waals surface area (Å²) < 4.78 is 10.6. The van der Waals surface area contributed by atoms with E-state index >= 15 is 0 Å². The van der Waals surface area contributed by atoms with Crippen molar-refractivity contribution in [2.75, 3.05) is 31.6 Å². The highest BCUT2D eigenvalue weighted by Crippen LogP contribution is 2.26. The first-order valence-corrected chi connectivity index (χ1v) is 11.1. The molecule has 1 fully saturated rings. The Hall–Kier alpha value is -4.25. The molecule has 1 aliphatic rings. The van der Waals surface area contributed by atoms with Crippen LogP contribution in [0.25, 0.3) is 27.8 Å². The monoisotopic (exact) mass is 457 g/mol. The quantitative estimate of drug-likeness (QED) is 0.431. The van der Waals surface area contributed by atoms with E-state index in [0.29, 0.717) is 32.3 Å². The molecule has 0 saturated carbocycles. The highest BCUT2D eigenvalue weighted by molar-refractivity contribution is 5.86. The van der Waals surface area contributed by atoms with Gasteiger partial charge in [-0.3, -0.25) is 14.2 Å². The van der Waals surface area contributed by atoms with Gasteiger partial charge >= 0.3 is 0 Å². The Morgan fingerprint density at radius 3 is 2.82 bits per heavy atom. The Balaban J connectivity index is 1.29. The van der Waals surface area contributed by atoms with E-state index < -0.39 is 0 Å². The lowest BCUT2D eigenvalue weighted by Crippen LogP contribution is -2.42. The molecule has 0 radical (unpaired) electrons. The lowest BCUT2D eigenvalue weighted by atomic mass is 10.1. The van der Waals surface area contributed by atoms with Gasteiger partial charge in [0.05, 0.1) is 42.5 Å². The molecule has 0 atom stereocenters. The van der Waals surface area contributed by atoms with Gasteiger partial charge in [0.15, 0.2) is 5.65 Å². The van der Waals surface area contributed by atoms with E-state index in [4.69, 9.17) is 4.74 Å². The molecule has 1 aromatic carbocycles. The molecule has 0 spiro atoms. The molecule has 1 saturated heterocycles. The summed E-state index contributed by atoms with van der Waals surface area (Å²) in [6, 6.07) is 11.9. The van der Waals surface area contributed by atoms with E-state index in [0.717, 1.165) is 33.5 Å². The lowest BCUT2D eigenvalue weighted by Gasteiger charge is -2.26. The zero-order valence-electron chi connectivity index (χ0n) is 18.6. The molecule has 34 heavy (non-hydrogen) atoms. The van der Waals surface area contributed by atoms with Gasteiger partial charge < -0.3 is 15.0 Å². The average molecular weight is 457 g/mol. The fraction of sp³-hybridized carbons (Fsp3) is 0.261. The second kappa shape index (κ2) is 8.27. The van der Waals surface area contributed by atoms with Gasteiger partial charge in [-0.25, -0.2) is 4.52 Å². The standard InChI is InChI=1S/C23H23N9O2/c1-29-14-18(13-24-29)26-23-27-21-4-2-3-20(32(21)28-23)16-5-6-19-17(11-16)12-25-31(19)15-22(33)30-7-9-34-10-8-30/h2-6,11-14H,7-10,15H2,1H3,(H,26,28). The van der Waals surface area contributed by atoms with Gasteiger partial charge in [0, 0.05) is 37.3 Å². The molecular formula is C23H23N9O2. The van der Waals surface area contributed by atoms with Crippen LogP contribution in [0.15, 0.2) is 55.0 Å². The van der Waals surface area contributed by atoms with Crippen molar-refractivity contribution in [2.45, 2.75) is 6.54 Å². The molecule has 0 aliphatic carbocycles. The fourth-order valence-corrected chi connectivity index (χ4v) is 4.20. The average Bonchev–Trinajstić information content (AvgIpc) is 3.57. The van der Waals surface area contributed by atoms with E-state index in [2.05, 4.69) is 31.7 Å². The third-order valence-corrected chi connectivity index (χ3v) is 5.91. The highest BCUT2D eigenvalue weighted by Gasteiger charge is 2.18. The van der Waals surface area contributed by atoms with Crippen molar-refractivity contribution in [1.82, 2.24) is 39.1 Å². The van der Waals surface area contributed by atoms with Gasteiger partial charge in [0.1, 0.15) is 6.54 Å². The molecule has 11 nitrogen and oxygen atoms in total. The largest absolute Gasteiger partial charge is 0.378 e. The van der Waals surface area contributed by atoms with E-state index in [1.807, 2.05) is 53.0 Å². The number of nitrogens with one attached hydrogen (secondary N) is 1. The van der Waals surface area contributed by atoms with Crippen molar-refractivity contribution < 1.29 is 9.53 Å². The maximum Gasteiger partial charge on any atom is 0.247 e. The summed E-state index contributed by atoms with van der Waals surface area (Å²) in [4.78, 5) is 19.1. The number of morpholine rings is 1. The maximum atomic E-state index is 12.7. The zero-order chi connectivity index (χ0) is 23.1. The summed E-state index contributed by atoms with van der Waals surface area (Å²) in [5.41, 5.74) is 4.35. The molecule has 0 bridgehead atoms. The molecule has 4 aromatic heterocycles. The van der Waals surface area contributed by atoms with E-state index in [-0.39, 0.29) is 12.5 Å². The van der Waals surface area contributed by atoms with Crippen LogP contribution in [0.2, 0.25) is 0 Å². The molecule has 0 unspecified atom stereocenters. The first-order chi connectivity index (χ1) is 16.6. The van der Waals surface area contributed by atoms with Crippen LogP contribution in [-0.2, 0) is 23.1 Å². The van der Waals surface area contributed by atoms with Gasteiger partial charge in [0.25, 0.3) is 0 Å². The van der Waals surface area contributed by atoms with Crippen molar-refractivity contribution >= 4 is 34.1 Å². The molecule has 1 N–H and O–H groups in total. The van der Waals surface area contributed by atoms with Crippen LogP contribution < -0.4 is 5.32 Å². The summed E-state index contributed by atoms with van der Waals surface area (Å²) in [7, 11) is 1.86. The van der Waals surface area contributed by atoms with Crippen LogP contribution in [0.5, 0.6) is 0 Å². The normalized spacial score (nSPS) is 14.2. The number of carbonyl (C=O) groups is 1. The SMILES string of the molecule is Cn1cc(Nc2nc3cccc(-c4ccc5c(cnn5CC(=O)N5CCOCC5)c4)n3n2)cn1. The molecule has 1 amide bonds. The van der Waals surface area contributed by atoms with Crippen molar-refractivity contribution in [3.63, 3.8) is 0 Å². The Labute approximate surface area is 194 Å². The number of fused-ring (bicyclic) bond motifs is 2. The number of benzene rings is 1. The Kier molecular flexibility index (Phi) is 4.95. The number of aryl methyl sites for hydroxylation is 1. The third-order valence-electron chi connectivity index (χ3n) is 5.91. The first-order valence-electron chi connectivity index (χ1n) is 11.1. The highest BCUT2D eigenvalue weighted by atomic mass is 16.5. The molecule has 5 heterocycles. The van der Waals surface area contributed by atoms with Crippen molar-refractivity contribution in [3.05, 3.63) is 55.0 Å². The molecule has 1 aliphatic heterocycles. The topological polar surface area (TPSA) is 107 Å². The van der Waals surface area contributed by atoms with Crippen LogP contribution >= 0.6 is 0 Å². The van der Waals surface area contributed by atoms with Gasteiger partial charge in [0.2, 0.25) is 11.9 Å². The van der Waals surface area contributed by atoms with E-state index in [1.54, 1.807) is 21.8 Å². The number of hydrogen-bond acceptors (Lipinski definition) is 7. The van der Waals surface area contributed by atoms with Crippen LogP contribution in [0, 0.1) is 0 Å². The summed E-state index contributed by atoms with van der Waals surface area (Å²) in [6.45, 7) is 2.64. The molecule has 5 aromatic rings. The number of ether oxygens (including phenoxy) is 1. The lowest BCUT2D eigenvalue weighted by molar-refractivity contribution is -0.136. The minimum absolute atomic E-state index is 0.0541. The Bertz CT molecular complexity index is 1490. The number of carbonyl (C=O) groups excluding carboxylic acids is 1. The number of amides is 1. The Morgan fingerprint density at radius 1 is 1.12 bits per heavy atom. The minimum atomic E-state index is 0.0541. The van der Waals surface area contributed by atoms with Crippen LogP contribution in [-0.4, -0.2) is 71.3 Å². The summed E-state index contributed by atoms with van der Waals surface area (Å²) in [5.74, 6) is 0.550. The van der Waals surface area contributed by atoms with Gasteiger partial charge in [-0.15, -0.1) is 5.10 Å². The number of hydrogen-bond donors (Lipinski definition) is 1.